The molecule has 2 heterocycles. The lowest BCUT2D eigenvalue weighted by molar-refractivity contribution is -0.0550. The third-order valence-electron chi connectivity index (χ3n) is 5.09. The van der Waals surface area contributed by atoms with Crippen LogP contribution in [0.4, 0.5) is 0 Å². The summed E-state index contributed by atoms with van der Waals surface area (Å²) in [5.74, 6) is 0. The largest absolute Gasteiger partial charge is 0.375 e. The van der Waals surface area contributed by atoms with Crippen LogP contribution >= 0.6 is 0 Å². The molecule has 2 unspecified atom stereocenters. The highest BCUT2D eigenvalue weighted by atomic mass is 16.5. The van der Waals surface area contributed by atoms with Crippen LogP contribution in [0.15, 0.2) is 25.0 Å². The zero-order valence-corrected chi connectivity index (χ0v) is 19.4. The molecular formula is C24H42N4O. The van der Waals surface area contributed by atoms with Crippen LogP contribution in [0.3, 0.4) is 0 Å². The molecule has 0 amide bonds. The van der Waals surface area contributed by atoms with Crippen LogP contribution < -0.4 is 0 Å². The molecule has 0 saturated carbocycles. The lowest BCUT2D eigenvalue weighted by Crippen LogP contribution is -2.29. The zero-order valence-electron chi connectivity index (χ0n) is 19.4. The fourth-order valence-electron chi connectivity index (χ4n) is 3.95. The van der Waals surface area contributed by atoms with Gasteiger partial charge >= 0.3 is 0 Å². The van der Waals surface area contributed by atoms with Gasteiger partial charge in [-0.05, 0) is 62.2 Å². The van der Waals surface area contributed by atoms with Crippen molar-refractivity contribution in [2.45, 2.75) is 105 Å². The standard InChI is InChI=1S/C24H42N4O/c1-23(2,3)13-21(11-7-9-19-15-25-17-27-19)29-22(14-24(4,5)6)12-8-10-20-16-26-18-28-20/h15-18,21-22H,7-14H2,1-6H3,(H,25,27)(H,26,28). The molecule has 2 atom stereocenters. The summed E-state index contributed by atoms with van der Waals surface area (Å²) in [4.78, 5) is 14.8. The van der Waals surface area contributed by atoms with Gasteiger partial charge in [0.1, 0.15) is 0 Å². The maximum Gasteiger partial charge on any atom is 0.0923 e. The Hall–Kier alpha value is -1.62. The van der Waals surface area contributed by atoms with Gasteiger partial charge in [-0.3, -0.25) is 0 Å². The summed E-state index contributed by atoms with van der Waals surface area (Å²) < 4.78 is 6.79. The van der Waals surface area contributed by atoms with Gasteiger partial charge in [-0.25, -0.2) is 9.97 Å². The van der Waals surface area contributed by atoms with Gasteiger partial charge in [-0.1, -0.05) is 41.5 Å². The van der Waals surface area contributed by atoms with E-state index < -0.39 is 0 Å². The molecule has 2 rings (SSSR count). The molecule has 2 N–H and O–H groups in total. The van der Waals surface area contributed by atoms with Crippen molar-refractivity contribution in [1.29, 1.82) is 0 Å². The smallest absolute Gasteiger partial charge is 0.0923 e. The first-order chi connectivity index (χ1) is 13.6. The Morgan fingerprint density at radius 3 is 1.48 bits per heavy atom. The summed E-state index contributed by atoms with van der Waals surface area (Å²) in [6.07, 6.45) is 16.7. The summed E-state index contributed by atoms with van der Waals surface area (Å²) in [7, 11) is 0. The van der Waals surface area contributed by atoms with Crippen molar-refractivity contribution in [3.8, 4) is 0 Å². The Morgan fingerprint density at radius 2 is 1.17 bits per heavy atom. The van der Waals surface area contributed by atoms with E-state index in [9.17, 15) is 0 Å². The molecule has 0 bridgehead atoms. The van der Waals surface area contributed by atoms with Crippen molar-refractivity contribution < 1.29 is 4.74 Å². The average Bonchev–Trinajstić information content (AvgIpc) is 3.25. The molecule has 2 aromatic heterocycles. The number of imidazole rings is 2. The van der Waals surface area contributed by atoms with Gasteiger partial charge in [-0.15, -0.1) is 0 Å². The highest BCUT2D eigenvalue weighted by Crippen LogP contribution is 2.30. The monoisotopic (exact) mass is 402 g/mol. The minimum atomic E-state index is 0.262. The van der Waals surface area contributed by atoms with Gasteiger partial charge in [0, 0.05) is 12.4 Å². The number of aromatic amines is 2. The summed E-state index contributed by atoms with van der Waals surface area (Å²) in [6, 6.07) is 0. The number of hydrogen-bond donors (Lipinski definition) is 2. The number of nitrogens with one attached hydrogen (secondary N) is 2. The number of hydrogen-bond acceptors (Lipinski definition) is 3. The molecule has 164 valence electrons. The second-order valence-corrected chi connectivity index (χ2v) is 10.8. The number of aryl methyl sites for hydroxylation is 2. The van der Waals surface area contributed by atoms with Crippen molar-refractivity contribution in [3.05, 3.63) is 36.4 Å². The maximum atomic E-state index is 6.79. The van der Waals surface area contributed by atoms with Crippen LogP contribution in [0.2, 0.25) is 0 Å². The summed E-state index contributed by atoms with van der Waals surface area (Å²) >= 11 is 0. The van der Waals surface area contributed by atoms with Crippen LogP contribution in [-0.4, -0.2) is 32.1 Å². The second-order valence-electron chi connectivity index (χ2n) is 10.8. The van der Waals surface area contributed by atoms with Gasteiger partial charge in [0.25, 0.3) is 0 Å². The quantitative estimate of drug-likeness (QED) is 0.450. The predicted molar refractivity (Wildman–Crippen MR) is 120 cm³/mol. The van der Waals surface area contributed by atoms with Crippen LogP contribution in [0.5, 0.6) is 0 Å². The number of ether oxygens (including phenoxy) is 1. The molecule has 5 nitrogen and oxygen atoms in total. The van der Waals surface area contributed by atoms with Gasteiger partial charge < -0.3 is 14.7 Å². The second kappa shape index (κ2) is 11.0. The molecular weight excluding hydrogens is 360 g/mol. The van der Waals surface area contributed by atoms with E-state index in [-0.39, 0.29) is 10.8 Å². The molecule has 29 heavy (non-hydrogen) atoms. The number of aromatic nitrogens is 4. The highest BCUT2D eigenvalue weighted by Gasteiger charge is 2.25. The van der Waals surface area contributed by atoms with Crippen molar-refractivity contribution in [2.75, 3.05) is 0 Å². The highest BCUT2D eigenvalue weighted by molar-refractivity contribution is 4.95. The molecule has 0 aliphatic heterocycles. The van der Waals surface area contributed by atoms with Crippen molar-refractivity contribution >= 4 is 0 Å². The minimum Gasteiger partial charge on any atom is -0.375 e. The molecule has 0 fully saturated rings. The Morgan fingerprint density at radius 1 is 0.759 bits per heavy atom. The molecule has 0 spiro atoms. The average molecular weight is 403 g/mol. The van der Waals surface area contributed by atoms with Crippen molar-refractivity contribution in [2.24, 2.45) is 10.8 Å². The fourth-order valence-corrected chi connectivity index (χ4v) is 3.95. The summed E-state index contributed by atoms with van der Waals surface area (Å²) in [5, 5.41) is 0. The molecule has 2 aromatic rings. The lowest BCUT2D eigenvalue weighted by Gasteiger charge is -2.33. The number of H-pyrrole nitrogens is 2. The van der Waals surface area contributed by atoms with Crippen molar-refractivity contribution in [3.63, 3.8) is 0 Å². The van der Waals surface area contributed by atoms with E-state index in [1.54, 1.807) is 12.7 Å². The Bertz CT molecular complexity index is 592. The van der Waals surface area contributed by atoms with Gasteiger partial charge in [0.05, 0.1) is 36.3 Å². The molecule has 5 heteroatoms. The number of rotatable bonds is 12. The van der Waals surface area contributed by atoms with E-state index in [0.29, 0.717) is 12.2 Å². The van der Waals surface area contributed by atoms with Crippen LogP contribution in [0.1, 0.15) is 91.5 Å². The summed E-state index contributed by atoms with van der Waals surface area (Å²) in [5.41, 5.74) is 2.81. The maximum absolute atomic E-state index is 6.79. The first kappa shape index (κ1) is 23.7. The Kier molecular flexibility index (Phi) is 8.94. The predicted octanol–water partition coefficient (Wildman–Crippen LogP) is 6.10. The lowest BCUT2D eigenvalue weighted by atomic mass is 9.85. The first-order valence-corrected chi connectivity index (χ1v) is 11.2. The Labute approximate surface area is 177 Å². The molecule has 0 radical (unpaired) electrons. The van der Waals surface area contributed by atoms with E-state index in [1.807, 2.05) is 12.4 Å². The van der Waals surface area contributed by atoms with Gasteiger partial charge in [0.2, 0.25) is 0 Å². The van der Waals surface area contributed by atoms with E-state index in [0.717, 1.165) is 62.8 Å². The number of nitrogens with zero attached hydrogens (tertiary/aromatic N) is 2. The van der Waals surface area contributed by atoms with E-state index >= 15 is 0 Å². The SMILES string of the molecule is CC(C)(C)CC(CCCc1c[nH]cn1)OC(CCCc1c[nH]cn1)CC(C)(C)C. The van der Waals surface area contributed by atoms with Crippen LogP contribution in [0.25, 0.3) is 0 Å². The molecule has 0 aliphatic carbocycles. The fraction of sp³-hybridized carbons (Fsp3) is 0.750. The van der Waals surface area contributed by atoms with Crippen LogP contribution in [0, 0.1) is 10.8 Å². The Balaban J connectivity index is 1.93. The molecule has 0 aromatic carbocycles. The van der Waals surface area contributed by atoms with E-state index in [1.165, 1.54) is 0 Å². The van der Waals surface area contributed by atoms with Crippen LogP contribution in [-0.2, 0) is 17.6 Å². The normalized spacial score (nSPS) is 14.8. The minimum absolute atomic E-state index is 0.262. The summed E-state index contributed by atoms with van der Waals surface area (Å²) in [6.45, 7) is 13.9. The first-order valence-electron chi connectivity index (χ1n) is 11.2. The third kappa shape index (κ3) is 10.6. The topological polar surface area (TPSA) is 66.6 Å². The molecule has 0 saturated heterocycles. The van der Waals surface area contributed by atoms with Crippen molar-refractivity contribution in [1.82, 2.24) is 19.9 Å². The van der Waals surface area contributed by atoms with Gasteiger partial charge in [0.15, 0.2) is 0 Å². The van der Waals surface area contributed by atoms with Gasteiger partial charge in [-0.2, -0.15) is 0 Å². The van der Waals surface area contributed by atoms with E-state index in [4.69, 9.17) is 4.74 Å². The third-order valence-corrected chi connectivity index (χ3v) is 5.09. The zero-order chi connectivity index (χ0) is 21.3. The molecule has 0 aliphatic rings. The van der Waals surface area contributed by atoms with E-state index in [2.05, 4.69) is 61.5 Å².